The van der Waals surface area contributed by atoms with Gasteiger partial charge in [-0.3, -0.25) is 0 Å². The lowest BCUT2D eigenvalue weighted by Gasteiger charge is -2.17. The molecular weight excluding hydrogens is 388 g/mol. The number of rotatable bonds is 6. The Bertz CT molecular complexity index is 1240. The molecule has 0 saturated carbocycles. The molecule has 4 rings (SSSR count). The molecule has 7 nitrogen and oxygen atoms in total. The highest BCUT2D eigenvalue weighted by atomic mass is 32.2. The summed E-state index contributed by atoms with van der Waals surface area (Å²) in [7, 11) is -3.24. The Labute approximate surface area is 168 Å². The molecule has 2 aromatic carbocycles. The largest absolute Gasteiger partial charge is 0.394 e. The molecule has 29 heavy (non-hydrogen) atoms. The fraction of sp³-hybridized carbons (Fsp3) is 0.143. The van der Waals surface area contributed by atoms with Crippen molar-refractivity contribution in [3.8, 4) is 11.3 Å². The first-order valence-corrected chi connectivity index (χ1v) is 10.9. The molecular formula is C21H20N4O3S. The number of hydrogen-bond donors (Lipinski definition) is 3. The van der Waals surface area contributed by atoms with Crippen LogP contribution in [0.1, 0.15) is 11.6 Å². The number of H-pyrrole nitrogens is 1. The summed E-state index contributed by atoms with van der Waals surface area (Å²) >= 11 is 0. The Hall–Kier alpha value is -3.23. The van der Waals surface area contributed by atoms with Crippen LogP contribution in [0.4, 0.5) is 5.82 Å². The van der Waals surface area contributed by atoms with Crippen molar-refractivity contribution in [2.45, 2.75) is 10.9 Å². The molecule has 0 unspecified atom stereocenters. The summed E-state index contributed by atoms with van der Waals surface area (Å²) in [6.07, 6.45) is 2.64. The molecule has 0 bridgehead atoms. The highest BCUT2D eigenvalue weighted by Gasteiger charge is 2.15. The number of nitrogens with one attached hydrogen (secondary N) is 2. The maximum atomic E-state index is 11.7. The second-order valence-corrected chi connectivity index (χ2v) is 8.77. The fourth-order valence-corrected chi connectivity index (χ4v) is 3.81. The molecule has 0 radical (unpaired) electrons. The predicted octanol–water partition coefficient (Wildman–Crippen LogP) is 3.17. The summed E-state index contributed by atoms with van der Waals surface area (Å²) in [6, 6.07) is 17.9. The molecule has 2 heterocycles. The van der Waals surface area contributed by atoms with Crippen LogP contribution < -0.4 is 5.32 Å². The van der Waals surface area contributed by atoms with Gasteiger partial charge in [0.1, 0.15) is 17.8 Å². The van der Waals surface area contributed by atoms with Gasteiger partial charge >= 0.3 is 0 Å². The van der Waals surface area contributed by atoms with E-state index in [1.807, 2.05) is 36.4 Å². The van der Waals surface area contributed by atoms with E-state index < -0.39 is 9.84 Å². The van der Waals surface area contributed by atoms with Crippen molar-refractivity contribution in [2.24, 2.45) is 0 Å². The van der Waals surface area contributed by atoms with Crippen LogP contribution in [0.3, 0.4) is 0 Å². The third-order valence-electron chi connectivity index (χ3n) is 4.71. The average molecular weight is 408 g/mol. The highest BCUT2D eigenvalue weighted by Crippen LogP contribution is 2.29. The first-order chi connectivity index (χ1) is 14.0. The summed E-state index contributed by atoms with van der Waals surface area (Å²) in [5.41, 5.74) is 3.23. The van der Waals surface area contributed by atoms with Gasteiger partial charge in [-0.2, -0.15) is 0 Å². The normalized spacial score (nSPS) is 12.8. The maximum Gasteiger partial charge on any atom is 0.175 e. The molecule has 1 atom stereocenters. The van der Waals surface area contributed by atoms with Crippen LogP contribution in [-0.2, 0) is 9.84 Å². The van der Waals surface area contributed by atoms with Crippen molar-refractivity contribution in [1.29, 1.82) is 0 Å². The predicted molar refractivity (Wildman–Crippen MR) is 112 cm³/mol. The van der Waals surface area contributed by atoms with E-state index in [4.69, 9.17) is 0 Å². The van der Waals surface area contributed by atoms with Gasteiger partial charge in [0.25, 0.3) is 0 Å². The van der Waals surface area contributed by atoms with Crippen LogP contribution in [0, 0.1) is 0 Å². The first-order valence-electron chi connectivity index (χ1n) is 9.02. The number of hydrogen-bond acceptors (Lipinski definition) is 6. The topological polar surface area (TPSA) is 108 Å². The SMILES string of the molecule is CS(=O)(=O)c1ccc(-c2cc3c(N[C@H](CO)c4ccccc4)ncnc3[nH]2)cc1. The van der Waals surface area contributed by atoms with E-state index in [1.165, 1.54) is 12.6 Å². The summed E-state index contributed by atoms with van der Waals surface area (Å²) in [5.74, 6) is 0.605. The summed E-state index contributed by atoms with van der Waals surface area (Å²) < 4.78 is 23.3. The summed E-state index contributed by atoms with van der Waals surface area (Å²) in [5, 5.41) is 13.9. The van der Waals surface area contributed by atoms with E-state index >= 15 is 0 Å². The fourth-order valence-electron chi connectivity index (χ4n) is 3.18. The molecule has 0 amide bonds. The summed E-state index contributed by atoms with van der Waals surface area (Å²) in [4.78, 5) is 12.1. The van der Waals surface area contributed by atoms with Gasteiger partial charge in [-0.25, -0.2) is 18.4 Å². The molecule has 8 heteroatoms. The van der Waals surface area contributed by atoms with Crippen LogP contribution in [0.5, 0.6) is 0 Å². The number of aliphatic hydroxyl groups is 1. The Morgan fingerprint density at radius 3 is 2.45 bits per heavy atom. The first kappa shape index (κ1) is 19.1. The maximum absolute atomic E-state index is 11.7. The van der Waals surface area contributed by atoms with Crippen molar-refractivity contribution in [3.63, 3.8) is 0 Å². The van der Waals surface area contributed by atoms with Gasteiger partial charge < -0.3 is 15.4 Å². The number of anilines is 1. The lowest BCUT2D eigenvalue weighted by Crippen LogP contribution is -2.15. The number of aromatic nitrogens is 3. The third kappa shape index (κ3) is 3.98. The van der Waals surface area contributed by atoms with Gasteiger partial charge in [-0.1, -0.05) is 42.5 Å². The van der Waals surface area contributed by atoms with Gasteiger partial charge in [0.15, 0.2) is 9.84 Å². The van der Waals surface area contributed by atoms with Crippen molar-refractivity contribution in [2.75, 3.05) is 18.2 Å². The van der Waals surface area contributed by atoms with E-state index in [-0.39, 0.29) is 17.5 Å². The second kappa shape index (κ2) is 7.65. The van der Waals surface area contributed by atoms with Crippen LogP contribution in [0.25, 0.3) is 22.3 Å². The second-order valence-electron chi connectivity index (χ2n) is 6.75. The molecule has 0 aliphatic carbocycles. The molecule has 0 saturated heterocycles. The van der Waals surface area contributed by atoms with Crippen LogP contribution >= 0.6 is 0 Å². The van der Waals surface area contributed by atoms with E-state index in [1.54, 1.807) is 24.3 Å². The van der Waals surface area contributed by atoms with E-state index in [0.717, 1.165) is 22.2 Å². The van der Waals surface area contributed by atoms with Gasteiger partial charge in [-0.15, -0.1) is 0 Å². The number of fused-ring (bicyclic) bond motifs is 1. The molecule has 0 aliphatic heterocycles. The molecule has 0 spiro atoms. The molecule has 0 fully saturated rings. The van der Waals surface area contributed by atoms with Gasteiger partial charge in [0.2, 0.25) is 0 Å². The van der Waals surface area contributed by atoms with Crippen LogP contribution in [0.2, 0.25) is 0 Å². The van der Waals surface area contributed by atoms with Crippen molar-refractivity contribution in [1.82, 2.24) is 15.0 Å². The molecule has 4 aromatic rings. The molecule has 148 valence electrons. The lowest BCUT2D eigenvalue weighted by atomic mass is 10.1. The average Bonchev–Trinajstić information content (AvgIpc) is 3.17. The van der Waals surface area contributed by atoms with Crippen molar-refractivity contribution < 1.29 is 13.5 Å². The standard InChI is InChI=1S/C21H20N4O3S/c1-29(27,28)16-9-7-15(8-10-16)18-11-17-20(24-18)22-13-23-21(17)25-19(12-26)14-5-3-2-4-6-14/h2-11,13,19,26H,12H2,1H3,(H2,22,23,24,25)/t19-/m1/s1. The number of benzene rings is 2. The minimum Gasteiger partial charge on any atom is -0.394 e. The number of aromatic amines is 1. The Balaban J connectivity index is 1.68. The van der Waals surface area contributed by atoms with Gasteiger partial charge in [0, 0.05) is 11.9 Å². The third-order valence-corrected chi connectivity index (χ3v) is 5.84. The zero-order valence-corrected chi connectivity index (χ0v) is 16.5. The van der Waals surface area contributed by atoms with Crippen molar-refractivity contribution >= 4 is 26.7 Å². The zero-order chi connectivity index (χ0) is 20.4. The highest BCUT2D eigenvalue weighted by molar-refractivity contribution is 7.90. The minimum absolute atomic E-state index is 0.0836. The summed E-state index contributed by atoms with van der Waals surface area (Å²) in [6.45, 7) is -0.0836. The smallest absolute Gasteiger partial charge is 0.175 e. The van der Waals surface area contributed by atoms with Crippen LogP contribution in [-0.4, -0.2) is 41.3 Å². The Kier molecular flexibility index (Phi) is 5.04. The minimum atomic E-state index is -3.24. The van der Waals surface area contributed by atoms with E-state index in [9.17, 15) is 13.5 Å². The quantitative estimate of drug-likeness (QED) is 0.452. The van der Waals surface area contributed by atoms with Crippen molar-refractivity contribution in [3.05, 3.63) is 72.6 Å². The van der Waals surface area contributed by atoms with E-state index in [0.29, 0.717) is 11.5 Å². The Morgan fingerprint density at radius 1 is 1.07 bits per heavy atom. The molecule has 3 N–H and O–H groups in total. The van der Waals surface area contributed by atoms with Gasteiger partial charge in [0.05, 0.1) is 22.9 Å². The number of nitrogens with zero attached hydrogens (tertiary/aromatic N) is 2. The number of aliphatic hydroxyl groups excluding tert-OH is 1. The van der Waals surface area contributed by atoms with Crippen LogP contribution in [0.15, 0.2) is 71.9 Å². The number of sulfone groups is 1. The molecule has 0 aliphatic rings. The lowest BCUT2D eigenvalue weighted by molar-refractivity contribution is 0.276. The van der Waals surface area contributed by atoms with Gasteiger partial charge in [-0.05, 0) is 29.3 Å². The van der Waals surface area contributed by atoms with E-state index in [2.05, 4.69) is 20.3 Å². The zero-order valence-electron chi connectivity index (χ0n) is 15.7. The Morgan fingerprint density at radius 2 is 1.79 bits per heavy atom. The monoisotopic (exact) mass is 408 g/mol. The molecule has 2 aromatic heterocycles.